The van der Waals surface area contributed by atoms with Crippen molar-refractivity contribution in [3.63, 3.8) is 0 Å². The van der Waals surface area contributed by atoms with E-state index in [1.165, 1.54) is 6.07 Å². The molecule has 0 saturated heterocycles. The molecule has 0 heterocycles. The monoisotopic (exact) mass is 382 g/mol. The smallest absolute Gasteiger partial charge is 0.269 e. The predicted molar refractivity (Wildman–Crippen MR) is 109 cm³/mol. The minimum atomic E-state index is -0.350. The van der Waals surface area contributed by atoms with E-state index in [-0.39, 0.29) is 21.9 Å². The zero-order valence-electron chi connectivity index (χ0n) is 15.0. The van der Waals surface area contributed by atoms with E-state index in [9.17, 15) is 14.9 Å². The van der Waals surface area contributed by atoms with Crippen molar-refractivity contribution in [3.8, 4) is 0 Å². The van der Waals surface area contributed by atoms with Crippen molar-refractivity contribution in [2.24, 2.45) is 0 Å². The maximum Gasteiger partial charge on any atom is 0.269 e. The van der Waals surface area contributed by atoms with Crippen LogP contribution in [-0.2, 0) is 5.41 Å². The summed E-state index contributed by atoms with van der Waals surface area (Å²) >= 11 is 5.39. The largest absolute Gasteiger partial charge is 0.316 e. The Morgan fingerprint density at radius 1 is 1.11 bits per heavy atom. The molecule has 0 unspecified atom stereocenters. The van der Waals surface area contributed by atoms with Crippen LogP contribution in [-0.4, -0.2) is 15.8 Å². The van der Waals surface area contributed by atoms with Crippen LogP contribution in [0.3, 0.4) is 0 Å². The molecule has 1 fully saturated rings. The quantitative estimate of drug-likeness (QED) is 0.436. The molecule has 6 heteroatoms. The average Bonchev–Trinajstić information content (AvgIpc) is 3.17. The zero-order chi connectivity index (χ0) is 19.3. The summed E-state index contributed by atoms with van der Waals surface area (Å²) in [6.45, 7) is 0. The number of amides is 1. The van der Waals surface area contributed by atoms with Gasteiger partial charge < -0.3 is 5.32 Å². The van der Waals surface area contributed by atoms with E-state index in [1.807, 2.05) is 24.3 Å². The maximum atomic E-state index is 12.2. The summed E-state index contributed by atoms with van der Waals surface area (Å²) in [6.07, 6.45) is 5.54. The van der Waals surface area contributed by atoms with Gasteiger partial charge in [0.1, 0.15) is 0 Å². The van der Waals surface area contributed by atoms with Gasteiger partial charge in [-0.05, 0) is 48.8 Å². The number of nitrogens with zero attached hydrogens (tertiary/aromatic N) is 1. The van der Waals surface area contributed by atoms with E-state index in [2.05, 4.69) is 5.32 Å². The number of nitrogens with one attached hydrogen (secondary N) is 1. The standard InChI is InChI=1S/C21H22N2O3S/c24-20(16-7-2-1-3-8-16)22-19(27)11-14-21(12-4-5-13-21)17-9-6-10-18(15-17)23(25)26/h1-3,6-10,15H,4-5,11-14H2,(H,22,24,27). The van der Waals surface area contributed by atoms with Crippen LogP contribution in [0, 0.1) is 10.1 Å². The van der Waals surface area contributed by atoms with Crippen LogP contribution >= 0.6 is 12.2 Å². The highest BCUT2D eigenvalue weighted by atomic mass is 32.1. The van der Waals surface area contributed by atoms with E-state index in [0.717, 1.165) is 37.7 Å². The van der Waals surface area contributed by atoms with Crippen LogP contribution < -0.4 is 5.32 Å². The lowest BCUT2D eigenvalue weighted by atomic mass is 9.75. The van der Waals surface area contributed by atoms with Gasteiger partial charge in [0, 0.05) is 17.7 Å². The molecule has 0 aliphatic heterocycles. The van der Waals surface area contributed by atoms with Crippen molar-refractivity contribution < 1.29 is 9.72 Å². The number of rotatable bonds is 6. The summed E-state index contributed by atoms with van der Waals surface area (Å²) in [5, 5.41) is 13.9. The summed E-state index contributed by atoms with van der Waals surface area (Å²) in [4.78, 5) is 23.5. The fourth-order valence-electron chi connectivity index (χ4n) is 3.89. The number of thiocarbonyl (C=S) groups is 1. The first kappa shape index (κ1) is 19.2. The Morgan fingerprint density at radius 2 is 1.81 bits per heavy atom. The fraction of sp³-hybridized carbons (Fsp3) is 0.333. The normalized spacial score (nSPS) is 15.3. The molecule has 3 rings (SSSR count). The number of nitro benzene ring substituents is 1. The first-order valence-electron chi connectivity index (χ1n) is 9.14. The highest BCUT2D eigenvalue weighted by Crippen LogP contribution is 2.45. The van der Waals surface area contributed by atoms with E-state index in [0.29, 0.717) is 17.0 Å². The third-order valence-corrected chi connectivity index (χ3v) is 5.66. The Kier molecular flexibility index (Phi) is 5.96. The fourth-order valence-corrected chi connectivity index (χ4v) is 4.08. The van der Waals surface area contributed by atoms with Crippen LogP contribution in [0.5, 0.6) is 0 Å². The summed E-state index contributed by atoms with van der Waals surface area (Å²) in [5.41, 5.74) is 1.60. The maximum absolute atomic E-state index is 12.2. The average molecular weight is 382 g/mol. The van der Waals surface area contributed by atoms with Crippen molar-refractivity contribution in [1.82, 2.24) is 5.32 Å². The second-order valence-corrected chi connectivity index (χ2v) is 7.53. The summed E-state index contributed by atoms with van der Waals surface area (Å²) in [5.74, 6) is -0.198. The van der Waals surface area contributed by atoms with Gasteiger partial charge in [0.15, 0.2) is 0 Å². The molecule has 0 bridgehead atoms. The third kappa shape index (κ3) is 4.57. The van der Waals surface area contributed by atoms with Gasteiger partial charge in [-0.3, -0.25) is 14.9 Å². The zero-order valence-corrected chi connectivity index (χ0v) is 15.8. The molecule has 0 spiro atoms. The van der Waals surface area contributed by atoms with Gasteiger partial charge in [0.2, 0.25) is 0 Å². The van der Waals surface area contributed by atoms with E-state index in [1.54, 1.807) is 24.3 Å². The van der Waals surface area contributed by atoms with Gasteiger partial charge in [-0.25, -0.2) is 0 Å². The first-order chi connectivity index (χ1) is 13.0. The number of benzene rings is 2. The molecule has 2 aromatic carbocycles. The minimum absolute atomic E-state index is 0.104. The highest BCUT2D eigenvalue weighted by molar-refractivity contribution is 7.80. The molecular formula is C21H22N2O3S. The third-order valence-electron chi connectivity index (χ3n) is 5.35. The molecule has 0 radical (unpaired) electrons. The molecule has 1 N–H and O–H groups in total. The van der Waals surface area contributed by atoms with Crippen LogP contribution in [0.25, 0.3) is 0 Å². The van der Waals surface area contributed by atoms with Crippen LogP contribution in [0.2, 0.25) is 0 Å². The molecule has 0 atom stereocenters. The number of carbonyl (C=O) groups excluding carboxylic acids is 1. The second-order valence-electron chi connectivity index (χ2n) is 7.04. The first-order valence-corrected chi connectivity index (χ1v) is 9.55. The molecule has 27 heavy (non-hydrogen) atoms. The second kappa shape index (κ2) is 8.39. The Morgan fingerprint density at radius 3 is 2.48 bits per heavy atom. The van der Waals surface area contributed by atoms with Crippen molar-refractivity contribution in [3.05, 3.63) is 75.8 Å². The van der Waals surface area contributed by atoms with Gasteiger partial charge in [-0.1, -0.05) is 55.4 Å². The Bertz CT molecular complexity index is 846. The number of nitro groups is 1. The number of carbonyl (C=O) groups is 1. The predicted octanol–water partition coefficient (Wildman–Crippen LogP) is 4.94. The summed E-state index contributed by atoms with van der Waals surface area (Å²) in [7, 11) is 0. The van der Waals surface area contributed by atoms with Gasteiger partial charge >= 0.3 is 0 Å². The van der Waals surface area contributed by atoms with Gasteiger partial charge in [-0.15, -0.1) is 0 Å². The van der Waals surface area contributed by atoms with Crippen molar-refractivity contribution in [2.75, 3.05) is 0 Å². The summed E-state index contributed by atoms with van der Waals surface area (Å²) < 4.78 is 0. The van der Waals surface area contributed by atoms with Crippen molar-refractivity contribution in [2.45, 2.75) is 43.9 Å². The molecular weight excluding hydrogens is 360 g/mol. The molecule has 5 nitrogen and oxygen atoms in total. The molecule has 1 aliphatic carbocycles. The molecule has 1 saturated carbocycles. The number of hydrogen-bond acceptors (Lipinski definition) is 4. The highest BCUT2D eigenvalue weighted by Gasteiger charge is 2.36. The summed E-state index contributed by atoms with van der Waals surface area (Å²) in [6, 6.07) is 15.9. The van der Waals surface area contributed by atoms with E-state index < -0.39 is 0 Å². The van der Waals surface area contributed by atoms with Crippen LogP contribution in [0.15, 0.2) is 54.6 Å². The lowest BCUT2D eigenvalue weighted by Gasteiger charge is -2.29. The lowest BCUT2D eigenvalue weighted by Crippen LogP contribution is -2.31. The molecule has 1 amide bonds. The van der Waals surface area contributed by atoms with Gasteiger partial charge in [-0.2, -0.15) is 0 Å². The number of hydrogen-bond donors (Lipinski definition) is 1. The Balaban J connectivity index is 1.68. The Labute approximate surface area is 163 Å². The van der Waals surface area contributed by atoms with Crippen molar-refractivity contribution >= 4 is 28.8 Å². The topological polar surface area (TPSA) is 72.2 Å². The molecule has 140 valence electrons. The van der Waals surface area contributed by atoms with Crippen LogP contribution in [0.4, 0.5) is 5.69 Å². The van der Waals surface area contributed by atoms with Crippen LogP contribution in [0.1, 0.15) is 54.4 Å². The number of non-ortho nitro benzene ring substituents is 1. The van der Waals surface area contributed by atoms with E-state index >= 15 is 0 Å². The van der Waals surface area contributed by atoms with Crippen molar-refractivity contribution in [1.29, 1.82) is 0 Å². The molecule has 0 aromatic heterocycles. The van der Waals surface area contributed by atoms with E-state index in [4.69, 9.17) is 12.2 Å². The lowest BCUT2D eigenvalue weighted by molar-refractivity contribution is -0.385. The Hall–Kier alpha value is -2.60. The van der Waals surface area contributed by atoms with Gasteiger partial charge in [0.05, 0.1) is 9.91 Å². The molecule has 1 aliphatic rings. The SMILES string of the molecule is O=C(NC(=S)CCC1(c2cccc([N+](=O)[O-])c2)CCCC1)c1ccccc1. The molecule has 2 aromatic rings. The van der Waals surface area contributed by atoms with Gasteiger partial charge in [0.25, 0.3) is 11.6 Å². The minimum Gasteiger partial charge on any atom is -0.316 e.